The molecule has 5 N–H and O–H groups in total. The number of hydrogen-bond acceptors (Lipinski definition) is 7. The Morgan fingerprint density at radius 2 is 1.82 bits per heavy atom. The van der Waals surface area contributed by atoms with Crippen molar-refractivity contribution in [2.24, 2.45) is 10.9 Å². The van der Waals surface area contributed by atoms with E-state index in [0.29, 0.717) is 29.1 Å². The molecule has 8 heteroatoms. The number of aliphatic imine (C=N–C) groups is 1. The summed E-state index contributed by atoms with van der Waals surface area (Å²) in [6.45, 7) is 14.1. The van der Waals surface area contributed by atoms with Gasteiger partial charge in [0.15, 0.2) is 5.84 Å². The minimum atomic E-state index is -0.237. The summed E-state index contributed by atoms with van der Waals surface area (Å²) in [6, 6.07) is 19.3. The quantitative estimate of drug-likeness (QED) is 0.256. The standard InChI is InChI=1S/C36H44N6O2/c1-23-10-16-31(28-8-6-9-30(24(28)2)41-35(44)25-11-13-26(14-12-25)36(3,4)5)40-34(33(23)43)39-27-15-17-32(29(37)22-27)42-20-7-18-38-19-21-42/h6,8-9,11-17,22-23,38H,7,10,18-21,37H2,1-5H3,(H,39,40)(H,41,44). The van der Waals surface area contributed by atoms with Crippen LogP contribution in [0.15, 0.2) is 71.7 Å². The molecule has 1 unspecified atom stereocenters. The monoisotopic (exact) mass is 592 g/mol. The molecule has 44 heavy (non-hydrogen) atoms. The molecule has 8 nitrogen and oxygen atoms in total. The number of hydrogen-bond donors (Lipinski definition) is 4. The van der Waals surface area contributed by atoms with Crippen molar-refractivity contribution in [3.8, 4) is 0 Å². The number of anilines is 4. The maximum atomic E-state index is 13.4. The fraction of sp³-hybridized carbons (Fsp3) is 0.361. The van der Waals surface area contributed by atoms with Crippen LogP contribution >= 0.6 is 0 Å². The van der Waals surface area contributed by atoms with Gasteiger partial charge in [0.05, 0.1) is 17.1 Å². The van der Waals surface area contributed by atoms with Crippen LogP contribution < -0.4 is 26.6 Å². The normalized spacial score (nSPS) is 17.7. The fourth-order valence-electron chi connectivity index (χ4n) is 5.62. The maximum Gasteiger partial charge on any atom is 0.255 e. The van der Waals surface area contributed by atoms with E-state index in [2.05, 4.69) is 41.6 Å². The number of carbonyl (C=O) groups is 2. The van der Waals surface area contributed by atoms with Crippen molar-refractivity contribution in [2.45, 2.75) is 52.9 Å². The third-order valence-corrected chi connectivity index (χ3v) is 8.42. The number of nitrogens with two attached hydrogens (primary N) is 1. The van der Waals surface area contributed by atoms with Crippen LogP contribution in [0.2, 0.25) is 0 Å². The predicted molar refractivity (Wildman–Crippen MR) is 183 cm³/mol. The first-order valence-electron chi connectivity index (χ1n) is 15.5. The lowest BCUT2D eigenvalue weighted by Crippen LogP contribution is -2.29. The summed E-state index contributed by atoms with van der Waals surface area (Å²) in [6.07, 6.45) is 3.62. The van der Waals surface area contributed by atoms with Crippen molar-refractivity contribution in [3.63, 3.8) is 0 Å². The average molecular weight is 593 g/mol. The first kappa shape index (κ1) is 31.0. The Bertz CT molecular complexity index is 1590. The minimum Gasteiger partial charge on any atom is -0.397 e. The molecule has 0 aromatic heterocycles. The molecule has 3 aromatic rings. The SMILES string of the molecule is Cc1c(NC(=O)c2ccc(C(C)(C)C)cc2)cccc1C1=CCC(C)C(=O)C(Nc2ccc(N3CCCNCC3)c(N)c2)=N1. The van der Waals surface area contributed by atoms with Gasteiger partial charge in [-0.2, -0.15) is 0 Å². The first-order valence-corrected chi connectivity index (χ1v) is 15.5. The number of ketones is 1. The molecule has 0 aliphatic carbocycles. The second kappa shape index (κ2) is 13.1. The fourth-order valence-corrected chi connectivity index (χ4v) is 5.62. The second-order valence-corrected chi connectivity index (χ2v) is 12.8. The second-order valence-electron chi connectivity index (χ2n) is 12.8. The Balaban J connectivity index is 1.38. The summed E-state index contributed by atoms with van der Waals surface area (Å²) in [7, 11) is 0. The molecule has 1 atom stereocenters. The Labute approximate surface area is 260 Å². The van der Waals surface area contributed by atoms with Crippen LogP contribution in [0.1, 0.15) is 67.6 Å². The number of amidine groups is 1. The van der Waals surface area contributed by atoms with E-state index < -0.39 is 0 Å². The van der Waals surface area contributed by atoms with E-state index in [1.807, 2.05) is 80.6 Å². The van der Waals surface area contributed by atoms with Gasteiger partial charge in [-0.3, -0.25) is 9.59 Å². The first-order chi connectivity index (χ1) is 21.0. The molecule has 1 saturated heterocycles. The van der Waals surface area contributed by atoms with Gasteiger partial charge >= 0.3 is 0 Å². The zero-order valence-electron chi connectivity index (χ0n) is 26.5. The van der Waals surface area contributed by atoms with E-state index in [1.165, 1.54) is 5.56 Å². The van der Waals surface area contributed by atoms with Crippen molar-refractivity contribution in [1.82, 2.24) is 5.32 Å². The average Bonchev–Trinajstić information content (AvgIpc) is 3.34. The van der Waals surface area contributed by atoms with Crippen LogP contribution in [0.3, 0.4) is 0 Å². The van der Waals surface area contributed by atoms with Crippen LogP contribution in [0.5, 0.6) is 0 Å². The number of benzene rings is 3. The lowest BCUT2D eigenvalue weighted by Gasteiger charge is -2.24. The largest absolute Gasteiger partial charge is 0.397 e. The van der Waals surface area contributed by atoms with E-state index >= 15 is 0 Å². The number of nitrogens with zero attached hydrogens (tertiary/aromatic N) is 2. The molecule has 1 fully saturated rings. The number of amides is 1. The number of carbonyl (C=O) groups excluding carboxylic acids is 2. The lowest BCUT2D eigenvalue weighted by molar-refractivity contribution is -0.115. The number of Topliss-reactive ketones (excluding diaryl/α,β-unsaturated/α-hetero) is 1. The Hall–Kier alpha value is -4.43. The molecule has 2 aliphatic heterocycles. The summed E-state index contributed by atoms with van der Waals surface area (Å²) in [5.74, 6) is -0.189. The Kier molecular flexibility index (Phi) is 9.20. The predicted octanol–water partition coefficient (Wildman–Crippen LogP) is 6.39. The molecular weight excluding hydrogens is 548 g/mol. The van der Waals surface area contributed by atoms with Crippen LogP contribution in [-0.2, 0) is 10.2 Å². The van der Waals surface area contributed by atoms with E-state index in [4.69, 9.17) is 10.7 Å². The maximum absolute atomic E-state index is 13.4. The Morgan fingerprint density at radius 3 is 2.55 bits per heavy atom. The van der Waals surface area contributed by atoms with Gasteiger partial charge in [-0.15, -0.1) is 0 Å². The molecule has 3 aromatic carbocycles. The molecule has 5 rings (SSSR count). The van der Waals surface area contributed by atoms with Crippen molar-refractivity contribution in [2.75, 3.05) is 47.4 Å². The summed E-state index contributed by atoms with van der Waals surface area (Å²) in [4.78, 5) is 33.7. The van der Waals surface area contributed by atoms with E-state index in [-0.39, 0.29) is 28.9 Å². The van der Waals surface area contributed by atoms with Crippen LogP contribution in [0, 0.1) is 12.8 Å². The number of nitrogen functional groups attached to an aromatic ring is 1. The van der Waals surface area contributed by atoms with Crippen molar-refractivity contribution in [1.29, 1.82) is 0 Å². The molecule has 0 saturated carbocycles. The van der Waals surface area contributed by atoms with E-state index in [9.17, 15) is 9.59 Å². The van der Waals surface area contributed by atoms with E-state index in [0.717, 1.165) is 55.1 Å². The van der Waals surface area contributed by atoms with Gasteiger partial charge in [-0.05, 0) is 79.3 Å². The van der Waals surface area contributed by atoms with Gasteiger partial charge in [0.2, 0.25) is 5.78 Å². The Morgan fingerprint density at radius 1 is 1.05 bits per heavy atom. The smallest absolute Gasteiger partial charge is 0.255 e. The van der Waals surface area contributed by atoms with Gasteiger partial charge in [-0.1, -0.05) is 58.0 Å². The van der Waals surface area contributed by atoms with Crippen molar-refractivity contribution < 1.29 is 9.59 Å². The molecular formula is C36H44N6O2. The number of rotatable bonds is 5. The number of allylic oxidation sites excluding steroid dienone is 1. The zero-order chi connectivity index (χ0) is 31.4. The van der Waals surface area contributed by atoms with Crippen LogP contribution in [0.25, 0.3) is 5.70 Å². The molecule has 1 amide bonds. The molecule has 2 heterocycles. The highest BCUT2D eigenvalue weighted by molar-refractivity contribution is 6.44. The topological polar surface area (TPSA) is 112 Å². The molecule has 2 aliphatic rings. The highest BCUT2D eigenvalue weighted by Crippen LogP contribution is 2.31. The molecule has 0 spiro atoms. The van der Waals surface area contributed by atoms with Gasteiger partial charge in [-0.25, -0.2) is 4.99 Å². The molecule has 0 radical (unpaired) electrons. The third-order valence-electron chi connectivity index (χ3n) is 8.42. The zero-order valence-corrected chi connectivity index (χ0v) is 26.5. The number of nitrogens with one attached hydrogen (secondary N) is 3. The van der Waals surface area contributed by atoms with Crippen LogP contribution in [0.4, 0.5) is 22.7 Å². The molecule has 0 bridgehead atoms. The highest BCUT2D eigenvalue weighted by Gasteiger charge is 2.24. The molecule has 230 valence electrons. The summed E-state index contributed by atoms with van der Waals surface area (Å²) >= 11 is 0. The minimum absolute atomic E-state index is 0.0139. The highest BCUT2D eigenvalue weighted by atomic mass is 16.1. The summed E-state index contributed by atoms with van der Waals surface area (Å²) in [5, 5.41) is 9.76. The van der Waals surface area contributed by atoms with E-state index in [1.54, 1.807) is 0 Å². The third kappa shape index (κ3) is 7.03. The lowest BCUT2D eigenvalue weighted by atomic mass is 9.86. The van der Waals surface area contributed by atoms with Gasteiger partial charge in [0.25, 0.3) is 5.91 Å². The summed E-state index contributed by atoms with van der Waals surface area (Å²) in [5.41, 5.74) is 13.8. The van der Waals surface area contributed by atoms with Crippen molar-refractivity contribution >= 4 is 46.0 Å². The van der Waals surface area contributed by atoms with Gasteiger partial charge < -0.3 is 26.6 Å². The van der Waals surface area contributed by atoms with Crippen LogP contribution in [-0.4, -0.2) is 43.7 Å². The summed E-state index contributed by atoms with van der Waals surface area (Å²) < 4.78 is 0. The van der Waals surface area contributed by atoms with Crippen molar-refractivity contribution in [3.05, 3.63) is 89.0 Å². The van der Waals surface area contributed by atoms with Gasteiger partial charge in [0, 0.05) is 48.1 Å². The van der Waals surface area contributed by atoms with Gasteiger partial charge in [0.1, 0.15) is 0 Å².